The summed E-state index contributed by atoms with van der Waals surface area (Å²) in [6, 6.07) is 19.3. The molecule has 0 saturated heterocycles. The van der Waals surface area contributed by atoms with Crippen molar-refractivity contribution in [3.63, 3.8) is 0 Å². The third-order valence-corrected chi connectivity index (χ3v) is 6.92. The molecule has 7 heteroatoms. The van der Waals surface area contributed by atoms with Crippen molar-refractivity contribution in [3.05, 3.63) is 94.0 Å². The van der Waals surface area contributed by atoms with Gasteiger partial charge in [-0.1, -0.05) is 59.1 Å². The Morgan fingerprint density at radius 3 is 2.29 bits per heavy atom. The molecule has 0 aromatic heterocycles. The lowest BCUT2D eigenvalue weighted by Crippen LogP contribution is -2.37. The molecule has 0 atom stereocenters. The first-order chi connectivity index (χ1) is 14.6. The lowest BCUT2D eigenvalue weighted by atomic mass is 10.1. The van der Waals surface area contributed by atoms with Gasteiger partial charge in [0.1, 0.15) is 0 Å². The number of hydrogen-bond acceptors (Lipinski definition) is 3. The van der Waals surface area contributed by atoms with Gasteiger partial charge in [0, 0.05) is 17.3 Å². The number of nitrogens with zero attached hydrogens (tertiary/aromatic N) is 1. The highest BCUT2D eigenvalue weighted by Gasteiger charge is 2.27. The number of benzene rings is 3. The summed E-state index contributed by atoms with van der Waals surface area (Å²) >= 11 is 5.98. The first kappa shape index (κ1) is 23.0. The van der Waals surface area contributed by atoms with Gasteiger partial charge in [-0.3, -0.25) is 4.79 Å². The first-order valence-corrected chi connectivity index (χ1v) is 11.7. The Balaban J connectivity index is 1.89. The summed E-state index contributed by atoms with van der Waals surface area (Å²) in [5.41, 5.74) is 4.18. The molecule has 0 heterocycles. The second-order valence-electron chi connectivity index (χ2n) is 7.58. The number of carbonyl (C=O) groups excluding carboxylic acids is 1. The van der Waals surface area contributed by atoms with Crippen molar-refractivity contribution < 1.29 is 13.2 Å². The van der Waals surface area contributed by atoms with E-state index in [0.717, 1.165) is 22.3 Å². The normalized spacial score (nSPS) is 11.5. The number of halogens is 1. The fraction of sp³-hybridized carbons (Fsp3) is 0.208. The van der Waals surface area contributed by atoms with Crippen LogP contribution in [0.4, 0.5) is 5.69 Å². The van der Waals surface area contributed by atoms with Crippen molar-refractivity contribution in [3.8, 4) is 0 Å². The van der Waals surface area contributed by atoms with Crippen LogP contribution >= 0.6 is 11.6 Å². The van der Waals surface area contributed by atoms with Crippen LogP contribution in [-0.2, 0) is 21.4 Å². The van der Waals surface area contributed by atoms with Gasteiger partial charge in [-0.15, -0.1) is 0 Å². The number of nitrogens with one attached hydrogen (secondary N) is 1. The third kappa shape index (κ3) is 5.94. The van der Waals surface area contributed by atoms with E-state index in [4.69, 9.17) is 11.6 Å². The summed E-state index contributed by atoms with van der Waals surface area (Å²) in [5.74, 6) is -0.422. The van der Waals surface area contributed by atoms with Crippen LogP contribution in [-0.4, -0.2) is 25.2 Å². The van der Waals surface area contributed by atoms with Gasteiger partial charge < -0.3 is 5.32 Å². The van der Waals surface area contributed by atoms with Crippen LogP contribution in [0.25, 0.3) is 0 Å². The van der Waals surface area contributed by atoms with E-state index < -0.39 is 15.9 Å². The largest absolute Gasteiger partial charge is 0.325 e. The van der Waals surface area contributed by atoms with Gasteiger partial charge in [-0.05, 0) is 62.2 Å². The molecule has 5 nitrogen and oxygen atoms in total. The number of sulfonamides is 1. The molecule has 0 spiro atoms. The maximum absolute atomic E-state index is 13.4. The van der Waals surface area contributed by atoms with E-state index in [1.807, 2.05) is 45.0 Å². The lowest BCUT2D eigenvalue weighted by molar-refractivity contribution is -0.116. The highest BCUT2D eigenvalue weighted by atomic mass is 35.5. The third-order valence-electron chi connectivity index (χ3n) is 4.88. The first-order valence-electron chi connectivity index (χ1n) is 9.83. The van der Waals surface area contributed by atoms with Crippen molar-refractivity contribution in [1.82, 2.24) is 4.31 Å². The molecule has 0 aliphatic carbocycles. The molecule has 0 saturated carbocycles. The van der Waals surface area contributed by atoms with Crippen molar-refractivity contribution in [2.75, 3.05) is 11.9 Å². The predicted molar refractivity (Wildman–Crippen MR) is 125 cm³/mol. The fourth-order valence-corrected chi connectivity index (χ4v) is 4.83. The van der Waals surface area contributed by atoms with Crippen LogP contribution in [0.15, 0.2) is 71.6 Å². The molecule has 0 unspecified atom stereocenters. The lowest BCUT2D eigenvalue weighted by Gasteiger charge is -2.22. The van der Waals surface area contributed by atoms with Gasteiger partial charge in [0.05, 0.1) is 11.4 Å². The van der Waals surface area contributed by atoms with Crippen molar-refractivity contribution in [1.29, 1.82) is 0 Å². The molecule has 0 bridgehead atoms. The van der Waals surface area contributed by atoms with Crippen LogP contribution in [0.2, 0.25) is 5.02 Å². The molecule has 0 radical (unpaired) electrons. The highest BCUT2D eigenvalue weighted by Crippen LogP contribution is 2.22. The zero-order chi connectivity index (χ0) is 22.6. The molecular weight excluding hydrogens is 432 g/mol. The van der Waals surface area contributed by atoms with E-state index in [0.29, 0.717) is 10.7 Å². The van der Waals surface area contributed by atoms with Gasteiger partial charge >= 0.3 is 0 Å². The second kappa shape index (κ2) is 9.64. The predicted octanol–water partition coefficient (Wildman–Crippen LogP) is 5.09. The number of amides is 1. The highest BCUT2D eigenvalue weighted by molar-refractivity contribution is 7.89. The molecule has 0 fully saturated rings. The molecule has 0 aliphatic heterocycles. The van der Waals surface area contributed by atoms with E-state index in [-0.39, 0.29) is 18.0 Å². The molecule has 3 aromatic rings. The summed E-state index contributed by atoms with van der Waals surface area (Å²) in [6.45, 7) is 5.44. The van der Waals surface area contributed by atoms with E-state index in [1.165, 1.54) is 4.31 Å². The minimum atomic E-state index is -3.88. The van der Waals surface area contributed by atoms with Crippen LogP contribution in [0.5, 0.6) is 0 Å². The van der Waals surface area contributed by atoms with Crippen LogP contribution in [0.3, 0.4) is 0 Å². The summed E-state index contributed by atoms with van der Waals surface area (Å²) in [6.07, 6.45) is 0. The molecule has 31 heavy (non-hydrogen) atoms. The summed E-state index contributed by atoms with van der Waals surface area (Å²) in [5, 5.41) is 3.36. The van der Waals surface area contributed by atoms with E-state index in [1.54, 1.807) is 42.5 Å². The smallest absolute Gasteiger partial charge is 0.243 e. The topological polar surface area (TPSA) is 66.5 Å². The number of rotatable bonds is 7. The van der Waals surface area contributed by atoms with Crippen LogP contribution in [0, 0.1) is 20.8 Å². The molecular formula is C24H25ClN2O3S. The Kier molecular flexibility index (Phi) is 7.15. The number of aryl methyl sites for hydroxylation is 3. The SMILES string of the molecule is Cc1ccc(S(=O)(=O)N(CC(=O)Nc2ccc(Cl)cc2C)Cc2cccc(C)c2)cc1. The monoisotopic (exact) mass is 456 g/mol. The quantitative estimate of drug-likeness (QED) is 0.538. The second-order valence-corrected chi connectivity index (χ2v) is 9.96. The molecule has 162 valence electrons. The molecule has 1 N–H and O–H groups in total. The minimum Gasteiger partial charge on any atom is -0.325 e. The summed E-state index contributed by atoms with van der Waals surface area (Å²) in [4.78, 5) is 13.0. The summed E-state index contributed by atoms with van der Waals surface area (Å²) < 4.78 is 27.9. The van der Waals surface area contributed by atoms with Crippen LogP contribution in [0.1, 0.15) is 22.3 Å². The molecule has 3 aromatic carbocycles. The van der Waals surface area contributed by atoms with Crippen molar-refractivity contribution in [2.24, 2.45) is 0 Å². The van der Waals surface area contributed by atoms with Gasteiger partial charge in [0.25, 0.3) is 0 Å². The maximum atomic E-state index is 13.4. The zero-order valence-corrected chi connectivity index (χ0v) is 19.3. The Hall–Kier alpha value is -2.67. The van der Waals surface area contributed by atoms with E-state index in [9.17, 15) is 13.2 Å². The number of hydrogen-bond donors (Lipinski definition) is 1. The molecule has 3 rings (SSSR count). The number of carbonyl (C=O) groups is 1. The van der Waals surface area contributed by atoms with Gasteiger partial charge in [-0.2, -0.15) is 4.31 Å². The molecule has 0 aliphatic rings. The zero-order valence-electron chi connectivity index (χ0n) is 17.7. The number of anilines is 1. The standard InChI is InChI=1S/C24H25ClN2O3S/c1-17-7-10-22(11-8-17)31(29,30)27(15-20-6-4-5-18(2)13-20)16-24(28)26-23-12-9-21(25)14-19(23)3/h4-14H,15-16H2,1-3H3,(H,26,28). The minimum absolute atomic E-state index is 0.0882. The average Bonchev–Trinajstić information content (AvgIpc) is 2.70. The van der Waals surface area contributed by atoms with Crippen molar-refractivity contribution in [2.45, 2.75) is 32.2 Å². The molecule has 1 amide bonds. The van der Waals surface area contributed by atoms with Gasteiger partial charge in [0.15, 0.2) is 0 Å². The fourth-order valence-electron chi connectivity index (χ4n) is 3.22. The van der Waals surface area contributed by atoms with Crippen molar-refractivity contribution >= 4 is 33.2 Å². The van der Waals surface area contributed by atoms with E-state index >= 15 is 0 Å². The Morgan fingerprint density at radius 1 is 0.935 bits per heavy atom. The summed E-state index contributed by atoms with van der Waals surface area (Å²) in [7, 11) is -3.88. The maximum Gasteiger partial charge on any atom is 0.243 e. The van der Waals surface area contributed by atoms with E-state index in [2.05, 4.69) is 5.32 Å². The Morgan fingerprint density at radius 2 is 1.65 bits per heavy atom. The Bertz CT molecular complexity index is 1190. The van der Waals surface area contributed by atoms with Crippen LogP contribution < -0.4 is 5.32 Å². The van der Waals surface area contributed by atoms with Gasteiger partial charge in [-0.25, -0.2) is 8.42 Å². The Labute approximate surface area is 188 Å². The average molecular weight is 457 g/mol. The van der Waals surface area contributed by atoms with Gasteiger partial charge in [0.2, 0.25) is 15.9 Å².